The number of rotatable bonds is 5. The third-order valence-electron chi connectivity index (χ3n) is 4.65. The molecule has 2 aromatic carbocycles. The van der Waals surface area contributed by atoms with Crippen molar-refractivity contribution in [2.24, 2.45) is 7.05 Å². The molecule has 3 amide bonds. The topological polar surface area (TPSA) is 79.3 Å². The lowest BCUT2D eigenvalue weighted by molar-refractivity contribution is 0.0827. The average molecular weight is 379 g/mol. The van der Waals surface area contributed by atoms with Crippen LogP contribution in [0.25, 0.3) is 11.0 Å². The van der Waals surface area contributed by atoms with Crippen LogP contribution in [-0.2, 0) is 20.0 Å². The van der Waals surface area contributed by atoms with E-state index >= 15 is 0 Å². The number of hydrogen-bond acceptors (Lipinski definition) is 3. The molecule has 28 heavy (non-hydrogen) atoms. The standard InChI is InChI=1S/C21H25N5O2/c1-5-14-6-9-16(10-7-14)23-21(28)22-13-19-24-17-12-15(20(27)25(2)3)8-11-18(17)26(19)4/h6-12H,5,13H2,1-4H3,(H2,22,23,28). The van der Waals surface area contributed by atoms with E-state index in [2.05, 4.69) is 22.5 Å². The van der Waals surface area contributed by atoms with Gasteiger partial charge < -0.3 is 20.1 Å². The quantitative estimate of drug-likeness (QED) is 0.715. The van der Waals surface area contributed by atoms with Gasteiger partial charge in [-0.05, 0) is 42.3 Å². The van der Waals surface area contributed by atoms with Crippen molar-refractivity contribution in [1.82, 2.24) is 19.8 Å². The number of carbonyl (C=O) groups is 2. The zero-order valence-electron chi connectivity index (χ0n) is 16.6. The van der Waals surface area contributed by atoms with Gasteiger partial charge in [0.2, 0.25) is 0 Å². The molecular weight excluding hydrogens is 354 g/mol. The number of carbonyl (C=O) groups excluding carboxylic acids is 2. The van der Waals surface area contributed by atoms with E-state index in [1.807, 2.05) is 41.9 Å². The zero-order valence-corrected chi connectivity index (χ0v) is 16.6. The molecule has 0 aliphatic heterocycles. The molecule has 0 saturated heterocycles. The van der Waals surface area contributed by atoms with Crippen LogP contribution < -0.4 is 10.6 Å². The lowest BCUT2D eigenvalue weighted by Gasteiger charge is -2.09. The van der Waals surface area contributed by atoms with Gasteiger partial charge in [0.25, 0.3) is 5.91 Å². The van der Waals surface area contributed by atoms with E-state index in [-0.39, 0.29) is 18.5 Å². The fourth-order valence-corrected chi connectivity index (χ4v) is 2.96. The first-order chi connectivity index (χ1) is 13.4. The van der Waals surface area contributed by atoms with Crippen molar-refractivity contribution in [2.75, 3.05) is 19.4 Å². The van der Waals surface area contributed by atoms with Crippen molar-refractivity contribution < 1.29 is 9.59 Å². The summed E-state index contributed by atoms with van der Waals surface area (Å²) in [6.07, 6.45) is 0.959. The van der Waals surface area contributed by atoms with Crippen LogP contribution in [0.2, 0.25) is 0 Å². The minimum Gasteiger partial charge on any atom is -0.345 e. The number of imidazole rings is 1. The second-order valence-corrected chi connectivity index (χ2v) is 6.85. The minimum atomic E-state index is -0.292. The van der Waals surface area contributed by atoms with E-state index in [0.29, 0.717) is 11.4 Å². The molecule has 7 heteroatoms. The summed E-state index contributed by atoms with van der Waals surface area (Å²) in [5.41, 5.74) is 4.18. The number of hydrogen-bond donors (Lipinski definition) is 2. The van der Waals surface area contributed by atoms with Crippen LogP contribution in [-0.4, -0.2) is 40.5 Å². The van der Waals surface area contributed by atoms with Crippen molar-refractivity contribution in [3.8, 4) is 0 Å². The highest BCUT2D eigenvalue weighted by molar-refractivity contribution is 5.97. The molecule has 146 valence electrons. The highest BCUT2D eigenvalue weighted by atomic mass is 16.2. The predicted octanol–water partition coefficient (Wildman–Crippen LogP) is 3.16. The molecule has 0 radical (unpaired) electrons. The first-order valence-electron chi connectivity index (χ1n) is 9.20. The van der Waals surface area contributed by atoms with Crippen molar-refractivity contribution in [3.63, 3.8) is 0 Å². The maximum absolute atomic E-state index is 12.2. The zero-order chi connectivity index (χ0) is 20.3. The van der Waals surface area contributed by atoms with E-state index in [9.17, 15) is 9.59 Å². The number of urea groups is 1. The van der Waals surface area contributed by atoms with Crippen LogP contribution in [0, 0.1) is 0 Å². The van der Waals surface area contributed by atoms with E-state index in [1.54, 1.807) is 26.2 Å². The number of fused-ring (bicyclic) bond motifs is 1. The lowest BCUT2D eigenvalue weighted by Crippen LogP contribution is -2.29. The van der Waals surface area contributed by atoms with Crippen molar-refractivity contribution in [2.45, 2.75) is 19.9 Å². The Morgan fingerprint density at radius 3 is 2.46 bits per heavy atom. The number of benzene rings is 2. The predicted molar refractivity (Wildman–Crippen MR) is 110 cm³/mol. The van der Waals surface area contributed by atoms with Crippen LogP contribution in [0.3, 0.4) is 0 Å². The van der Waals surface area contributed by atoms with Gasteiger partial charge in [-0.3, -0.25) is 4.79 Å². The molecule has 0 spiro atoms. The van der Waals surface area contributed by atoms with Crippen molar-refractivity contribution >= 4 is 28.7 Å². The van der Waals surface area contributed by atoms with E-state index < -0.39 is 0 Å². The smallest absolute Gasteiger partial charge is 0.319 e. The Balaban J connectivity index is 1.68. The van der Waals surface area contributed by atoms with Gasteiger partial charge in [-0.15, -0.1) is 0 Å². The number of amides is 3. The van der Waals surface area contributed by atoms with E-state index in [4.69, 9.17) is 0 Å². The summed E-state index contributed by atoms with van der Waals surface area (Å²) in [7, 11) is 5.32. The first kappa shape index (κ1) is 19.4. The third kappa shape index (κ3) is 4.14. The monoisotopic (exact) mass is 379 g/mol. The Hall–Kier alpha value is -3.35. The van der Waals surface area contributed by atoms with Gasteiger partial charge in [-0.2, -0.15) is 0 Å². The van der Waals surface area contributed by atoms with Crippen molar-refractivity contribution in [1.29, 1.82) is 0 Å². The largest absolute Gasteiger partial charge is 0.345 e. The van der Waals surface area contributed by atoms with Gasteiger partial charge in [0.1, 0.15) is 5.82 Å². The van der Waals surface area contributed by atoms with Gasteiger partial charge in [0, 0.05) is 32.4 Å². The molecule has 0 aliphatic carbocycles. The average Bonchev–Trinajstić information content (AvgIpc) is 3.01. The maximum atomic E-state index is 12.2. The summed E-state index contributed by atoms with van der Waals surface area (Å²) in [5, 5.41) is 5.64. The van der Waals surface area contributed by atoms with Crippen LogP contribution in [0.4, 0.5) is 10.5 Å². The summed E-state index contributed by atoms with van der Waals surface area (Å²) in [5.74, 6) is 0.640. The van der Waals surface area contributed by atoms with Gasteiger partial charge in [-0.25, -0.2) is 9.78 Å². The second kappa shape index (κ2) is 8.12. The minimum absolute atomic E-state index is 0.0688. The van der Waals surface area contributed by atoms with E-state index in [1.165, 1.54) is 10.5 Å². The number of aromatic nitrogens is 2. The molecule has 0 fully saturated rings. The summed E-state index contributed by atoms with van der Waals surface area (Å²) in [4.78, 5) is 30.4. The van der Waals surface area contributed by atoms with E-state index in [0.717, 1.165) is 23.1 Å². The highest BCUT2D eigenvalue weighted by Gasteiger charge is 2.13. The molecule has 1 aromatic heterocycles. The Morgan fingerprint density at radius 1 is 1.11 bits per heavy atom. The normalized spacial score (nSPS) is 10.7. The molecule has 7 nitrogen and oxygen atoms in total. The highest BCUT2D eigenvalue weighted by Crippen LogP contribution is 2.18. The van der Waals surface area contributed by atoms with Gasteiger partial charge in [0.05, 0.1) is 17.6 Å². The van der Waals surface area contributed by atoms with Crippen LogP contribution >= 0.6 is 0 Å². The molecule has 3 rings (SSSR count). The van der Waals surface area contributed by atoms with Gasteiger partial charge >= 0.3 is 6.03 Å². The molecule has 2 N–H and O–H groups in total. The molecule has 0 aliphatic rings. The lowest BCUT2D eigenvalue weighted by atomic mass is 10.1. The second-order valence-electron chi connectivity index (χ2n) is 6.85. The summed E-state index contributed by atoms with van der Waals surface area (Å²) in [6.45, 7) is 2.37. The number of nitrogens with one attached hydrogen (secondary N) is 2. The Labute approximate surface area is 164 Å². The van der Waals surface area contributed by atoms with Crippen LogP contribution in [0.1, 0.15) is 28.7 Å². The molecule has 3 aromatic rings. The summed E-state index contributed by atoms with van der Waals surface area (Å²) in [6, 6.07) is 12.9. The third-order valence-corrected chi connectivity index (χ3v) is 4.65. The van der Waals surface area contributed by atoms with Gasteiger partial charge in [0.15, 0.2) is 0 Å². The van der Waals surface area contributed by atoms with Gasteiger partial charge in [-0.1, -0.05) is 19.1 Å². The fourth-order valence-electron chi connectivity index (χ4n) is 2.96. The van der Waals surface area contributed by atoms with Crippen molar-refractivity contribution in [3.05, 3.63) is 59.4 Å². The Morgan fingerprint density at radius 2 is 1.82 bits per heavy atom. The Bertz CT molecular complexity index is 1010. The van der Waals surface area contributed by atoms with Crippen LogP contribution in [0.15, 0.2) is 42.5 Å². The summed E-state index contributed by atoms with van der Waals surface area (Å²) >= 11 is 0. The van der Waals surface area contributed by atoms with Crippen LogP contribution in [0.5, 0.6) is 0 Å². The number of nitrogens with zero attached hydrogens (tertiary/aromatic N) is 3. The molecule has 0 bridgehead atoms. The molecule has 0 atom stereocenters. The number of anilines is 1. The fraction of sp³-hybridized carbons (Fsp3) is 0.286. The SMILES string of the molecule is CCc1ccc(NC(=O)NCc2nc3cc(C(=O)N(C)C)ccc3n2C)cc1. The Kier molecular flexibility index (Phi) is 5.63. The maximum Gasteiger partial charge on any atom is 0.319 e. The molecule has 0 unspecified atom stereocenters. The first-order valence-corrected chi connectivity index (χ1v) is 9.20. The molecular formula is C21H25N5O2. The summed E-state index contributed by atoms with van der Waals surface area (Å²) < 4.78 is 1.91. The molecule has 0 saturated carbocycles. The molecule has 1 heterocycles. The number of aryl methyl sites for hydroxylation is 2.